The van der Waals surface area contributed by atoms with Gasteiger partial charge in [-0.05, 0) is 18.6 Å². The molecule has 1 unspecified atom stereocenters. The second-order valence-corrected chi connectivity index (χ2v) is 3.62. The molecule has 15 heavy (non-hydrogen) atoms. The fourth-order valence-corrected chi connectivity index (χ4v) is 1.91. The van der Waals surface area contributed by atoms with Crippen molar-refractivity contribution in [3.63, 3.8) is 0 Å². The Kier molecular flexibility index (Phi) is 2.90. The predicted molar refractivity (Wildman–Crippen MR) is 56.4 cm³/mol. The third kappa shape index (κ3) is 1.96. The summed E-state index contributed by atoms with van der Waals surface area (Å²) in [6, 6.07) is 5.79. The van der Waals surface area contributed by atoms with Gasteiger partial charge in [-0.3, -0.25) is 0 Å². The predicted octanol–water partition coefficient (Wildman–Crippen LogP) is 1.98. The van der Waals surface area contributed by atoms with Crippen molar-refractivity contribution in [3.05, 3.63) is 23.8 Å². The van der Waals surface area contributed by atoms with E-state index < -0.39 is 0 Å². The normalized spacial score (nSPS) is 18.1. The standard InChI is InChI=1S/C12H14O3/c1-14-11-5-2-6-12-10(11)8-9(15-12)4-3-7-13/h2,5-7,9H,3-4,8H2,1H3. The van der Waals surface area contributed by atoms with Crippen molar-refractivity contribution in [2.24, 2.45) is 0 Å². The maximum Gasteiger partial charge on any atom is 0.126 e. The van der Waals surface area contributed by atoms with Gasteiger partial charge in [-0.2, -0.15) is 0 Å². The highest BCUT2D eigenvalue weighted by Gasteiger charge is 2.25. The van der Waals surface area contributed by atoms with Crippen LogP contribution < -0.4 is 9.47 Å². The topological polar surface area (TPSA) is 35.5 Å². The largest absolute Gasteiger partial charge is 0.496 e. The number of aldehydes is 1. The molecule has 1 aliphatic rings. The second-order valence-electron chi connectivity index (χ2n) is 3.62. The van der Waals surface area contributed by atoms with Crippen LogP contribution in [0, 0.1) is 0 Å². The summed E-state index contributed by atoms with van der Waals surface area (Å²) >= 11 is 0. The van der Waals surface area contributed by atoms with Crippen LogP contribution in [0.25, 0.3) is 0 Å². The number of fused-ring (bicyclic) bond motifs is 1. The molecule has 3 nitrogen and oxygen atoms in total. The first kappa shape index (κ1) is 10.0. The minimum absolute atomic E-state index is 0.126. The van der Waals surface area contributed by atoms with Crippen LogP contribution in [0.2, 0.25) is 0 Å². The first-order valence-corrected chi connectivity index (χ1v) is 5.11. The molecule has 80 valence electrons. The van der Waals surface area contributed by atoms with E-state index in [1.807, 2.05) is 18.2 Å². The molecule has 2 rings (SSSR count). The van der Waals surface area contributed by atoms with Crippen LogP contribution in [-0.4, -0.2) is 19.5 Å². The Balaban J connectivity index is 2.12. The molecular weight excluding hydrogens is 192 g/mol. The van der Waals surface area contributed by atoms with Crippen molar-refractivity contribution in [2.45, 2.75) is 25.4 Å². The Labute approximate surface area is 89.0 Å². The molecule has 0 radical (unpaired) electrons. The number of hydrogen-bond donors (Lipinski definition) is 0. The second kappa shape index (κ2) is 4.34. The first-order valence-electron chi connectivity index (χ1n) is 5.11. The zero-order valence-corrected chi connectivity index (χ0v) is 8.73. The highest BCUT2D eigenvalue weighted by Crippen LogP contribution is 2.36. The fourth-order valence-electron chi connectivity index (χ4n) is 1.91. The van der Waals surface area contributed by atoms with Crippen LogP contribution in [-0.2, 0) is 11.2 Å². The van der Waals surface area contributed by atoms with Crippen LogP contribution in [0.3, 0.4) is 0 Å². The lowest BCUT2D eigenvalue weighted by Gasteiger charge is -2.07. The summed E-state index contributed by atoms with van der Waals surface area (Å²) in [5.41, 5.74) is 1.12. The van der Waals surface area contributed by atoms with Gasteiger partial charge in [-0.15, -0.1) is 0 Å². The van der Waals surface area contributed by atoms with Crippen LogP contribution in [0.4, 0.5) is 0 Å². The van der Waals surface area contributed by atoms with Crippen molar-refractivity contribution in [1.82, 2.24) is 0 Å². The molecule has 0 aliphatic carbocycles. The molecule has 0 bridgehead atoms. The molecule has 0 N–H and O–H groups in total. The molecule has 0 aromatic heterocycles. The van der Waals surface area contributed by atoms with Crippen molar-refractivity contribution in [2.75, 3.05) is 7.11 Å². The zero-order chi connectivity index (χ0) is 10.7. The number of carbonyl (C=O) groups is 1. The fraction of sp³-hybridized carbons (Fsp3) is 0.417. The molecule has 1 aromatic rings. The van der Waals surface area contributed by atoms with E-state index in [0.29, 0.717) is 6.42 Å². The van der Waals surface area contributed by atoms with E-state index in [2.05, 4.69) is 0 Å². The van der Waals surface area contributed by atoms with Crippen LogP contribution in [0.15, 0.2) is 18.2 Å². The average molecular weight is 206 g/mol. The number of rotatable bonds is 4. The minimum atomic E-state index is 0.126. The minimum Gasteiger partial charge on any atom is -0.496 e. The van der Waals surface area contributed by atoms with Gasteiger partial charge in [-0.1, -0.05) is 6.07 Å². The van der Waals surface area contributed by atoms with Crippen molar-refractivity contribution >= 4 is 6.29 Å². The monoisotopic (exact) mass is 206 g/mol. The van der Waals surface area contributed by atoms with Crippen molar-refractivity contribution in [3.8, 4) is 11.5 Å². The van der Waals surface area contributed by atoms with E-state index in [0.717, 1.165) is 36.2 Å². The van der Waals surface area contributed by atoms with E-state index in [-0.39, 0.29) is 6.10 Å². The Bertz CT molecular complexity index is 360. The van der Waals surface area contributed by atoms with Gasteiger partial charge >= 0.3 is 0 Å². The first-order chi connectivity index (χ1) is 7.35. The number of hydrogen-bond acceptors (Lipinski definition) is 3. The maximum atomic E-state index is 10.3. The molecule has 0 saturated heterocycles. The molecule has 1 atom stereocenters. The van der Waals surface area contributed by atoms with E-state index in [1.54, 1.807) is 7.11 Å². The molecule has 1 aromatic carbocycles. The lowest BCUT2D eigenvalue weighted by Crippen LogP contribution is -2.12. The summed E-state index contributed by atoms with van der Waals surface area (Å²) < 4.78 is 11.0. The summed E-state index contributed by atoms with van der Waals surface area (Å²) in [4.78, 5) is 10.3. The van der Waals surface area contributed by atoms with E-state index >= 15 is 0 Å². The lowest BCUT2D eigenvalue weighted by molar-refractivity contribution is -0.108. The molecule has 0 saturated carbocycles. The van der Waals surface area contributed by atoms with Gasteiger partial charge in [0, 0.05) is 18.4 Å². The van der Waals surface area contributed by atoms with Crippen LogP contribution in [0.1, 0.15) is 18.4 Å². The quantitative estimate of drug-likeness (QED) is 0.706. The summed E-state index contributed by atoms with van der Waals surface area (Å²) in [5, 5.41) is 0. The van der Waals surface area contributed by atoms with E-state index in [4.69, 9.17) is 9.47 Å². The summed E-state index contributed by atoms with van der Waals surface area (Å²) in [7, 11) is 1.66. The van der Waals surface area contributed by atoms with Gasteiger partial charge < -0.3 is 14.3 Å². The summed E-state index contributed by atoms with van der Waals surface area (Å²) in [6.45, 7) is 0. The molecule has 0 spiro atoms. The number of ether oxygens (including phenoxy) is 2. The van der Waals surface area contributed by atoms with E-state index in [1.165, 1.54) is 0 Å². The molecule has 0 amide bonds. The maximum absolute atomic E-state index is 10.3. The molecular formula is C12H14O3. The molecule has 1 aliphatic heterocycles. The lowest BCUT2D eigenvalue weighted by atomic mass is 10.1. The van der Waals surface area contributed by atoms with Gasteiger partial charge in [0.05, 0.1) is 7.11 Å². The van der Waals surface area contributed by atoms with Gasteiger partial charge in [0.25, 0.3) is 0 Å². The summed E-state index contributed by atoms with van der Waals surface area (Å²) in [6.07, 6.45) is 3.24. The molecule has 0 fully saturated rings. The average Bonchev–Trinajstić information content (AvgIpc) is 2.68. The zero-order valence-electron chi connectivity index (χ0n) is 8.73. The molecule has 3 heteroatoms. The van der Waals surface area contributed by atoms with Crippen LogP contribution in [0.5, 0.6) is 11.5 Å². The van der Waals surface area contributed by atoms with Crippen molar-refractivity contribution < 1.29 is 14.3 Å². The Morgan fingerprint density at radius 1 is 1.60 bits per heavy atom. The van der Waals surface area contributed by atoms with Gasteiger partial charge in [-0.25, -0.2) is 0 Å². The molecule has 1 heterocycles. The van der Waals surface area contributed by atoms with Gasteiger partial charge in [0.15, 0.2) is 0 Å². The van der Waals surface area contributed by atoms with Crippen LogP contribution >= 0.6 is 0 Å². The smallest absolute Gasteiger partial charge is 0.126 e. The third-order valence-corrected chi connectivity index (χ3v) is 2.64. The highest BCUT2D eigenvalue weighted by atomic mass is 16.5. The third-order valence-electron chi connectivity index (χ3n) is 2.64. The highest BCUT2D eigenvalue weighted by molar-refractivity contribution is 5.50. The Morgan fingerprint density at radius 3 is 3.20 bits per heavy atom. The van der Waals surface area contributed by atoms with Gasteiger partial charge in [0.2, 0.25) is 0 Å². The SMILES string of the molecule is COc1cccc2c1CC(CCC=O)O2. The number of carbonyl (C=O) groups excluding carboxylic acids is 1. The Hall–Kier alpha value is -1.51. The Morgan fingerprint density at radius 2 is 2.47 bits per heavy atom. The van der Waals surface area contributed by atoms with Gasteiger partial charge in [0.1, 0.15) is 23.9 Å². The number of methoxy groups -OCH3 is 1. The van der Waals surface area contributed by atoms with Crippen molar-refractivity contribution in [1.29, 1.82) is 0 Å². The van der Waals surface area contributed by atoms with E-state index in [9.17, 15) is 4.79 Å². The number of benzene rings is 1. The summed E-state index contributed by atoms with van der Waals surface area (Å²) in [5.74, 6) is 1.77.